The summed E-state index contributed by atoms with van der Waals surface area (Å²) in [7, 11) is 1.59. The molecular formula is C20H25ClN2O2. The van der Waals surface area contributed by atoms with Gasteiger partial charge in [-0.05, 0) is 42.7 Å². The van der Waals surface area contributed by atoms with Gasteiger partial charge in [0.1, 0.15) is 5.75 Å². The van der Waals surface area contributed by atoms with Gasteiger partial charge < -0.3 is 10.1 Å². The van der Waals surface area contributed by atoms with Gasteiger partial charge in [-0.15, -0.1) is 0 Å². The molecule has 2 aromatic rings. The fourth-order valence-corrected chi connectivity index (χ4v) is 3.10. The minimum Gasteiger partial charge on any atom is -0.495 e. The zero-order chi connectivity index (χ0) is 18.3. The van der Waals surface area contributed by atoms with Crippen LogP contribution in [0.15, 0.2) is 48.5 Å². The normalized spacial score (nSPS) is 11.2. The van der Waals surface area contributed by atoms with Crippen molar-refractivity contribution in [2.24, 2.45) is 0 Å². The quantitative estimate of drug-likeness (QED) is 0.723. The number of rotatable bonds is 8. The molecule has 0 spiro atoms. The summed E-state index contributed by atoms with van der Waals surface area (Å²) in [6, 6.07) is 15.2. The SMILES string of the molecule is CCC(CC)(NCC(=O)Nc1ccccc1OC)c1ccc(Cl)cc1. The summed E-state index contributed by atoms with van der Waals surface area (Å²) in [4.78, 5) is 12.4. The molecule has 0 bridgehead atoms. The Morgan fingerprint density at radius 2 is 1.72 bits per heavy atom. The van der Waals surface area contributed by atoms with Crippen LogP contribution in [0.2, 0.25) is 5.02 Å². The van der Waals surface area contributed by atoms with Crippen LogP contribution in [-0.2, 0) is 10.3 Å². The van der Waals surface area contributed by atoms with E-state index in [0.717, 1.165) is 18.4 Å². The second-order valence-corrected chi connectivity index (χ2v) is 6.33. The highest BCUT2D eigenvalue weighted by Gasteiger charge is 2.28. The lowest BCUT2D eigenvalue weighted by molar-refractivity contribution is -0.115. The fourth-order valence-electron chi connectivity index (χ4n) is 2.97. The van der Waals surface area contributed by atoms with E-state index in [1.54, 1.807) is 7.11 Å². The minimum atomic E-state index is -0.261. The molecule has 2 rings (SSSR count). The smallest absolute Gasteiger partial charge is 0.238 e. The van der Waals surface area contributed by atoms with Crippen LogP contribution >= 0.6 is 11.6 Å². The van der Waals surface area contributed by atoms with Gasteiger partial charge in [0.25, 0.3) is 0 Å². The summed E-state index contributed by atoms with van der Waals surface area (Å²) in [5.74, 6) is 0.538. The third-order valence-electron chi connectivity index (χ3n) is 4.57. The Hall–Kier alpha value is -2.04. The van der Waals surface area contributed by atoms with Crippen LogP contribution in [0.1, 0.15) is 32.3 Å². The Labute approximate surface area is 154 Å². The molecule has 2 aromatic carbocycles. The molecule has 0 fully saturated rings. The number of nitrogens with one attached hydrogen (secondary N) is 2. The number of carbonyl (C=O) groups excluding carboxylic acids is 1. The first kappa shape index (κ1) is 19.3. The Kier molecular flexibility index (Phi) is 6.85. The zero-order valence-corrected chi connectivity index (χ0v) is 15.7. The molecule has 25 heavy (non-hydrogen) atoms. The maximum atomic E-state index is 12.4. The molecule has 0 saturated carbocycles. The highest BCUT2D eigenvalue weighted by Crippen LogP contribution is 2.29. The highest BCUT2D eigenvalue weighted by atomic mass is 35.5. The number of carbonyl (C=O) groups is 1. The van der Waals surface area contributed by atoms with E-state index in [9.17, 15) is 4.79 Å². The van der Waals surface area contributed by atoms with Gasteiger partial charge in [-0.1, -0.05) is 49.7 Å². The van der Waals surface area contributed by atoms with Gasteiger partial charge in [-0.3, -0.25) is 10.1 Å². The minimum absolute atomic E-state index is 0.107. The third-order valence-corrected chi connectivity index (χ3v) is 4.82. The van der Waals surface area contributed by atoms with Crippen LogP contribution in [0.25, 0.3) is 0 Å². The van der Waals surface area contributed by atoms with Crippen LogP contribution in [-0.4, -0.2) is 19.6 Å². The molecule has 5 heteroatoms. The molecular weight excluding hydrogens is 336 g/mol. The average Bonchev–Trinajstić information content (AvgIpc) is 2.64. The monoisotopic (exact) mass is 360 g/mol. The molecule has 1 amide bonds. The lowest BCUT2D eigenvalue weighted by atomic mass is 9.84. The van der Waals surface area contributed by atoms with Gasteiger partial charge in [0.15, 0.2) is 0 Å². The molecule has 0 aliphatic rings. The predicted molar refractivity (Wildman–Crippen MR) is 103 cm³/mol. The number of hydrogen-bond donors (Lipinski definition) is 2. The van der Waals surface area contributed by atoms with Gasteiger partial charge in [0, 0.05) is 10.6 Å². The van der Waals surface area contributed by atoms with Crippen LogP contribution in [0.3, 0.4) is 0 Å². The summed E-state index contributed by atoms with van der Waals surface area (Å²) >= 11 is 6.00. The second kappa shape index (κ2) is 8.88. The van der Waals surface area contributed by atoms with Crippen molar-refractivity contribution in [2.75, 3.05) is 19.0 Å². The van der Waals surface area contributed by atoms with E-state index in [0.29, 0.717) is 16.5 Å². The Morgan fingerprint density at radius 1 is 1.08 bits per heavy atom. The lowest BCUT2D eigenvalue weighted by Crippen LogP contribution is -2.45. The van der Waals surface area contributed by atoms with E-state index in [1.165, 1.54) is 0 Å². The van der Waals surface area contributed by atoms with Gasteiger partial charge in [0.05, 0.1) is 19.3 Å². The summed E-state index contributed by atoms with van der Waals surface area (Å²) in [5.41, 5.74) is 1.54. The van der Waals surface area contributed by atoms with Crippen molar-refractivity contribution in [3.8, 4) is 5.75 Å². The van der Waals surface area contributed by atoms with E-state index >= 15 is 0 Å². The van der Waals surface area contributed by atoms with E-state index < -0.39 is 0 Å². The van der Waals surface area contributed by atoms with Gasteiger partial charge >= 0.3 is 0 Å². The topological polar surface area (TPSA) is 50.4 Å². The number of methoxy groups -OCH3 is 1. The largest absolute Gasteiger partial charge is 0.495 e. The maximum absolute atomic E-state index is 12.4. The second-order valence-electron chi connectivity index (χ2n) is 5.90. The number of para-hydroxylation sites is 2. The van der Waals surface area contributed by atoms with Crippen molar-refractivity contribution in [2.45, 2.75) is 32.2 Å². The molecule has 0 aliphatic heterocycles. The van der Waals surface area contributed by atoms with E-state index in [-0.39, 0.29) is 18.0 Å². The van der Waals surface area contributed by atoms with Crippen molar-refractivity contribution < 1.29 is 9.53 Å². The third kappa shape index (κ3) is 4.74. The number of anilines is 1. The number of ether oxygens (including phenoxy) is 1. The van der Waals surface area contributed by atoms with Gasteiger partial charge in [0.2, 0.25) is 5.91 Å². The molecule has 0 aliphatic carbocycles. The van der Waals surface area contributed by atoms with Crippen molar-refractivity contribution in [1.82, 2.24) is 5.32 Å². The van der Waals surface area contributed by atoms with E-state index in [2.05, 4.69) is 24.5 Å². The zero-order valence-electron chi connectivity index (χ0n) is 14.9. The molecule has 0 atom stereocenters. The van der Waals surface area contributed by atoms with Crippen molar-refractivity contribution in [1.29, 1.82) is 0 Å². The first-order valence-corrected chi connectivity index (χ1v) is 8.86. The highest BCUT2D eigenvalue weighted by molar-refractivity contribution is 6.30. The number of hydrogen-bond acceptors (Lipinski definition) is 3. The van der Waals surface area contributed by atoms with Crippen LogP contribution in [0, 0.1) is 0 Å². The Balaban J connectivity index is 2.08. The van der Waals surface area contributed by atoms with Crippen LogP contribution < -0.4 is 15.4 Å². The Bertz CT molecular complexity index is 697. The van der Waals surface area contributed by atoms with Crippen molar-refractivity contribution in [3.63, 3.8) is 0 Å². The lowest BCUT2D eigenvalue weighted by Gasteiger charge is -2.33. The van der Waals surface area contributed by atoms with Crippen LogP contribution in [0.4, 0.5) is 5.69 Å². The van der Waals surface area contributed by atoms with Crippen molar-refractivity contribution in [3.05, 3.63) is 59.1 Å². The number of benzene rings is 2. The Morgan fingerprint density at radius 3 is 2.32 bits per heavy atom. The fraction of sp³-hybridized carbons (Fsp3) is 0.350. The standard InChI is InChI=1S/C20H25ClN2O2/c1-4-20(5-2,15-10-12-16(21)13-11-15)22-14-19(24)23-17-8-6-7-9-18(17)25-3/h6-13,22H,4-5,14H2,1-3H3,(H,23,24). The first-order chi connectivity index (χ1) is 12.0. The summed E-state index contributed by atoms with van der Waals surface area (Å²) in [5, 5.41) is 7.03. The molecule has 0 unspecified atom stereocenters. The van der Waals surface area contributed by atoms with E-state index in [4.69, 9.17) is 16.3 Å². The number of amides is 1. The first-order valence-electron chi connectivity index (χ1n) is 8.48. The summed E-state index contributed by atoms with van der Waals surface area (Å²) in [6.45, 7) is 4.44. The van der Waals surface area contributed by atoms with Gasteiger partial charge in [-0.2, -0.15) is 0 Å². The molecule has 0 radical (unpaired) electrons. The number of halogens is 1. The molecule has 0 heterocycles. The van der Waals surface area contributed by atoms with Crippen LogP contribution in [0.5, 0.6) is 5.75 Å². The maximum Gasteiger partial charge on any atom is 0.238 e. The summed E-state index contributed by atoms with van der Waals surface area (Å²) < 4.78 is 5.27. The molecule has 134 valence electrons. The summed E-state index contributed by atoms with van der Waals surface area (Å²) in [6.07, 6.45) is 1.74. The van der Waals surface area contributed by atoms with Gasteiger partial charge in [-0.25, -0.2) is 0 Å². The molecule has 0 aromatic heterocycles. The molecule has 0 saturated heterocycles. The molecule has 2 N–H and O–H groups in total. The average molecular weight is 361 g/mol. The van der Waals surface area contributed by atoms with E-state index in [1.807, 2.05) is 48.5 Å². The van der Waals surface area contributed by atoms with Crippen molar-refractivity contribution >= 4 is 23.2 Å². The molecule has 4 nitrogen and oxygen atoms in total. The predicted octanol–water partition coefficient (Wildman–Crippen LogP) is 4.59.